The lowest BCUT2D eigenvalue weighted by Gasteiger charge is -2.03. The topological polar surface area (TPSA) is 52.1 Å². The van der Waals surface area contributed by atoms with E-state index in [-0.39, 0.29) is 5.97 Å². The van der Waals surface area contributed by atoms with Crippen molar-refractivity contribution in [3.05, 3.63) is 60.2 Å². The summed E-state index contributed by atoms with van der Waals surface area (Å²) in [5, 5.41) is 0. The molecule has 0 saturated heterocycles. The Morgan fingerprint density at radius 1 is 1.12 bits per heavy atom. The molecule has 0 fully saturated rings. The first-order chi connectivity index (χ1) is 8.36. The van der Waals surface area contributed by atoms with Crippen LogP contribution in [0.3, 0.4) is 0 Å². The van der Waals surface area contributed by atoms with Crippen LogP contribution < -0.4 is 0 Å². The van der Waals surface area contributed by atoms with Crippen LogP contribution >= 0.6 is 0 Å². The molecule has 2 rings (SSSR count). The third-order valence-corrected chi connectivity index (χ3v) is 2.25. The number of rotatable bonds is 4. The largest absolute Gasteiger partial charge is 0.461 e. The van der Waals surface area contributed by atoms with Crippen molar-refractivity contribution in [1.29, 1.82) is 0 Å². The maximum atomic E-state index is 11.5. The normalized spacial score (nSPS) is 9.88. The highest BCUT2D eigenvalue weighted by Crippen LogP contribution is 2.00. The third kappa shape index (κ3) is 3.38. The summed E-state index contributed by atoms with van der Waals surface area (Å²) in [5.74, 6) is -0.389. The van der Waals surface area contributed by atoms with Gasteiger partial charge in [-0.1, -0.05) is 6.07 Å². The number of nitrogens with zero attached hydrogens (tertiary/aromatic N) is 2. The van der Waals surface area contributed by atoms with E-state index in [2.05, 4.69) is 9.97 Å². The van der Waals surface area contributed by atoms with Crippen molar-refractivity contribution in [2.45, 2.75) is 6.42 Å². The third-order valence-electron chi connectivity index (χ3n) is 2.25. The van der Waals surface area contributed by atoms with Crippen LogP contribution in [0.4, 0.5) is 0 Å². The zero-order chi connectivity index (χ0) is 11.9. The van der Waals surface area contributed by atoms with E-state index in [1.807, 2.05) is 12.1 Å². The molecule has 0 spiro atoms. The highest BCUT2D eigenvalue weighted by atomic mass is 16.5. The van der Waals surface area contributed by atoms with Gasteiger partial charge in [0.2, 0.25) is 0 Å². The fourth-order valence-electron chi connectivity index (χ4n) is 1.37. The fraction of sp³-hybridized carbons (Fsp3) is 0.154. The Balaban J connectivity index is 1.82. The predicted octanol–water partition coefficient (Wildman–Crippen LogP) is 1.88. The first-order valence-corrected chi connectivity index (χ1v) is 5.33. The second-order valence-corrected chi connectivity index (χ2v) is 3.46. The molecule has 4 nitrogen and oxygen atoms in total. The molecule has 0 N–H and O–H groups in total. The minimum Gasteiger partial charge on any atom is -0.461 e. The molecule has 0 unspecified atom stereocenters. The first kappa shape index (κ1) is 11.3. The maximum absolute atomic E-state index is 11.5. The molecule has 2 aromatic rings. The van der Waals surface area contributed by atoms with Crippen molar-refractivity contribution < 1.29 is 9.53 Å². The second kappa shape index (κ2) is 5.75. The van der Waals surface area contributed by atoms with Crippen LogP contribution in [-0.2, 0) is 11.2 Å². The lowest BCUT2D eigenvalue weighted by atomic mass is 10.2. The first-order valence-electron chi connectivity index (χ1n) is 5.33. The summed E-state index contributed by atoms with van der Waals surface area (Å²) in [6.07, 6.45) is 5.69. The molecule has 86 valence electrons. The molecule has 0 aliphatic carbocycles. The van der Waals surface area contributed by atoms with E-state index in [0.29, 0.717) is 18.7 Å². The van der Waals surface area contributed by atoms with Crippen molar-refractivity contribution in [2.24, 2.45) is 0 Å². The maximum Gasteiger partial charge on any atom is 0.356 e. The van der Waals surface area contributed by atoms with Gasteiger partial charge in [0.25, 0.3) is 0 Å². The number of aromatic nitrogens is 2. The van der Waals surface area contributed by atoms with Gasteiger partial charge in [0.05, 0.1) is 6.61 Å². The summed E-state index contributed by atoms with van der Waals surface area (Å²) < 4.78 is 5.11. The van der Waals surface area contributed by atoms with Crippen LogP contribution in [0.15, 0.2) is 48.9 Å². The molecule has 0 amide bonds. The fourth-order valence-corrected chi connectivity index (χ4v) is 1.37. The molecule has 0 aromatic carbocycles. The average molecular weight is 228 g/mol. The quantitative estimate of drug-likeness (QED) is 0.750. The van der Waals surface area contributed by atoms with Crippen molar-refractivity contribution in [3.8, 4) is 0 Å². The molecule has 17 heavy (non-hydrogen) atoms. The number of carbonyl (C=O) groups is 1. The molecule has 0 aliphatic rings. The number of carbonyl (C=O) groups excluding carboxylic acids is 1. The monoisotopic (exact) mass is 228 g/mol. The Hall–Kier alpha value is -2.23. The van der Waals surface area contributed by atoms with E-state index < -0.39 is 0 Å². The van der Waals surface area contributed by atoms with E-state index in [0.717, 1.165) is 5.56 Å². The molecular formula is C13H12N2O2. The van der Waals surface area contributed by atoms with E-state index >= 15 is 0 Å². The van der Waals surface area contributed by atoms with Crippen LogP contribution in [0.2, 0.25) is 0 Å². The molecule has 2 heterocycles. The highest BCUT2D eigenvalue weighted by Gasteiger charge is 2.06. The van der Waals surface area contributed by atoms with Crippen molar-refractivity contribution in [3.63, 3.8) is 0 Å². The van der Waals surface area contributed by atoms with E-state index in [9.17, 15) is 4.79 Å². The standard InChI is InChI=1S/C13H12N2O2/c16-13(12-3-1-2-7-15-12)17-10-6-11-4-8-14-9-5-11/h1-5,7-9H,6,10H2. The van der Waals surface area contributed by atoms with Gasteiger partial charge in [0, 0.05) is 25.0 Å². The number of ether oxygens (including phenoxy) is 1. The van der Waals surface area contributed by atoms with E-state index in [4.69, 9.17) is 4.74 Å². The predicted molar refractivity (Wildman–Crippen MR) is 62.5 cm³/mol. The van der Waals surface area contributed by atoms with Gasteiger partial charge >= 0.3 is 5.97 Å². The molecule has 0 bridgehead atoms. The zero-order valence-electron chi connectivity index (χ0n) is 9.24. The van der Waals surface area contributed by atoms with Gasteiger partial charge in [0.1, 0.15) is 5.69 Å². The SMILES string of the molecule is O=C(OCCc1ccncc1)c1ccccn1. The van der Waals surface area contributed by atoms with Crippen LogP contribution in [0.25, 0.3) is 0 Å². The molecule has 0 atom stereocenters. The Kier molecular flexibility index (Phi) is 3.81. The average Bonchev–Trinajstić information content (AvgIpc) is 2.41. The van der Waals surface area contributed by atoms with Gasteiger partial charge in [-0.05, 0) is 29.8 Å². The molecule has 4 heteroatoms. The molecule has 0 radical (unpaired) electrons. The van der Waals surface area contributed by atoms with Crippen molar-refractivity contribution in [1.82, 2.24) is 9.97 Å². The van der Waals surface area contributed by atoms with Gasteiger partial charge in [0.15, 0.2) is 0 Å². The second-order valence-electron chi connectivity index (χ2n) is 3.46. The van der Waals surface area contributed by atoms with Gasteiger partial charge in [-0.3, -0.25) is 4.98 Å². The summed E-state index contributed by atoms with van der Waals surface area (Å²) in [5.41, 5.74) is 1.43. The summed E-state index contributed by atoms with van der Waals surface area (Å²) in [6.45, 7) is 0.347. The van der Waals surface area contributed by atoms with E-state index in [1.165, 1.54) is 0 Å². The smallest absolute Gasteiger partial charge is 0.356 e. The molecule has 0 aliphatic heterocycles. The number of hydrogen-bond acceptors (Lipinski definition) is 4. The minimum atomic E-state index is -0.389. The Bertz CT molecular complexity index is 471. The summed E-state index contributed by atoms with van der Waals surface area (Å²) in [7, 11) is 0. The van der Waals surface area contributed by atoms with Gasteiger partial charge in [-0.2, -0.15) is 0 Å². The van der Waals surface area contributed by atoms with E-state index in [1.54, 1.807) is 36.8 Å². The number of hydrogen-bond donors (Lipinski definition) is 0. The molecule has 2 aromatic heterocycles. The lowest BCUT2D eigenvalue weighted by Crippen LogP contribution is -2.09. The summed E-state index contributed by atoms with van der Waals surface area (Å²) >= 11 is 0. The number of pyridine rings is 2. The Morgan fingerprint density at radius 2 is 1.94 bits per heavy atom. The van der Waals surface area contributed by atoms with Crippen LogP contribution in [0.5, 0.6) is 0 Å². The van der Waals surface area contributed by atoms with Gasteiger partial charge in [-0.15, -0.1) is 0 Å². The summed E-state index contributed by atoms with van der Waals surface area (Å²) in [4.78, 5) is 19.4. The lowest BCUT2D eigenvalue weighted by molar-refractivity contribution is 0.0502. The minimum absolute atomic E-state index is 0.335. The Labute approximate surface area is 99.3 Å². The number of esters is 1. The molecule has 0 saturated carbocycles. The van der Waals surface area contributed by atoms with Gasteiger partial charge in [-0.25, -0.2) is 9.78 Å². The summed E-state index contributed by atoms with van der Waals surface area (Å²) in [6, 6.07) is 8.94. The highest BCUT2D eigenvalue weighted by molar-refractivity contribution is 5.87. The van der Waals surface area contributed by atoms with Crippen molar-refractivity contribution >= 4 is 5.97 Å². The Morgan fingerprint density at radius 3 is 2.65 bits per heavy atom. The zero-order valence-corrected chi connectivity index (χ0v) is 9.24. The van der Waals surface area contributed by atoms with Crippen LogP contribution in [-0.4, -0.2) is 22.5 Å². The molecular weight excluding hydrogens is 216 g/mol. The van der Waals surface area contributed by atoms with Crippen LogP contribution in [0.1, 0.15) is 16.1 Å². The van der Waals surface area contributed by atoms with Gasteiger partial charge < -0.3 is 4.74 Å². The van der Waals surface area contributed by atoms with Crippen LogP contribution in [0, 0.1) is 0 Å². The van der Waals surface area contributed by atoms with Crippen molar-refractivity contribution in [2.75, 3.05) is 6.61 Å².